The van der Waals surface area contributed by atoms with Crippen LogP contribution in [0.4, 0.5) is 0 Å². The van der Waals surface area contributed by atoms with Crippen LogP contribution in [0.15, 0.2) is 30.3 Å². The van der Waals surface area contributed by atoms with Crippen molar-refractivity contribution in [2.45, 2.75) is 30.6 Å². The lowest BCUT2D eigenvalue weighted by molar-refractivity contribution is -0.153. The first-order valence-corrected chi connectivity index (χ1v) is 6.99. The van der Waals surface area contributed by atoms with Gasteiger partial charge < -0.3 is 5.11 Å². The number of benzene rings is 1. The monoisotopic (exact) mass is 303 g/mol. The molecular formula is C14H19Cl2NO2. The maximum Gasteiger partial charge on any atom is 0.331 e. The number of hydrogen-bond donors (Lipinski definition) is 1. The van der Waals surface area contributed by atoms with Gasteiger partial charge in [0, 0.05) is 0 Å². The second kappa shape index (κ2) is 6.12. The predicted octanol–water partition coefficient (Wildman–Crippen LogP) is 3.50. The third-order valence-electron chi connectivity index (χ3n) is 3.37. The van der Waals surface area contributed by atoms with Gasteiger partial charge in [-0.2, -0.15) is 0 Å². The molecule has 0 spiro atoms. The van der Waals surface area contributed by atoms with Gasteiger partial charge in [-0.3, -0.25) is 4.90 Å². The first-order chi connectivity index (χ1) is 8.82. The summed E-state index contributed by atoms with van der Waals surface area (Å²) >= 11 is 12.6. The van der Waals surface area contributed by atoms with Crippen molar-refractivity contribution in [2.75, 3.05) is 13.1 Å². The Hall–Kier alpha value is -0.770. The quantitative estimate of drug-likeness (QED) is 0.818. The summed E-state index contributed by atoms with van der Waals surface area (Å²) in [6.45, 7) is 6.38. The van der Waals surface area contributed by atoms with E-state index in [2.05, 4.69) is 0 Å². The van der Waals surface area contributed by atoms with Crippen LogP contribution in [0.1, 0.15) is 26.3 Å². The van der Waals surface area contributed by atoms with Crippen molar-refractivity contribution in [3.63, 3.8) is 0 Å². The van der Waals surface area contributed by atoms with Gasteiger partial charge in [0.1, 0.15) is 4.33 Å². The Balaban J connectivity index is 3.59. The Kier molecular flexibility index (Phi) is 5.25. The van der Waals surface area contributed by atoms with Crippen LogP contribution < -0.4 is 0 Å². The minimum Gasteiger partial charge on any atom is -0.480 e. The zero-order chi connectivity index (χ0) is 14.7. The Morgan fingerprint density at radius 2 is 1.68 bits per heavy atom. The number of alkyl halides is 2. The van der Waals surface area contributed by atoms with E-state index in [9.17, 15) is 9.90 Å². The van der Waals surface area contributed by atoms with Gasteiger partial charge >= 0.3 is 5.97 Å². The van der Waals surface area contributed by atoms with Gasteiger partial charge in [0.2, 0.25) is 0 Å². The van der Waals surface area contributed by atoms with Gasteiger partial charge in [0.25, 0.3) is 0 Å². The highest BCUT2D eigenvalue weighted by atomic mass is 35.5. The van der Waals surface area contributed by atoms with Crippen molar-refractivity contribution in [3.05, 3.63) is 35.9 Å². The molecule has 1 unspecified atom stereocenters. The van der Waals surface area contributed by atoms with Crippen LogP contribution in [0.5, 0.6) is 0 Å². The van der Waals surface area contributed by atoms with Crippen molar-refractivity contribution in [1.82, 2.24) is 4.90 Å². The third-order valence-corrected chi connectivity index (χ3v) is 3.92. The maximum absolute atomic E-state index is 12.0. The number of carboxylic acid groups (broad SMARTS) is 1. The molecule has 5 heteroatoms. The molecule has 0 aliphatic carbocycles. The molecular weight excluding hydrogens is 285 g/mol. The number of rotatable bonds is 6. The van der Waals surface area contributed by atoms with Gasteiger partial charge in [-0.15, -0.1) is 0 Å². The summed E-state index contributed by atoms with van der Waals surface area (Å²) in [4.78, 5) is 13.8. The molecule has 1 atom stereocenters. The molecule has 0 aliphatic rings. The van der Waals surface area contributed by atoms with Crippen LogP contribution in [0.2, 0.25) is 0 Å². The Morgan fingerprint density at radius 1 is 1.21 bits per heavy atom. The molecule has 0 aromatic heterocycles. The standard InChI is InChI=1S/C14H19Cl2NO2/c1-4-17(5-2)14(12(18)19,13(3,15)16)11-9-7-6-8-10-11/h6-10H,4-5H2,1-3H3,(H,18,19). The van der Waals surface area contributed by atoms with E-state index in [1.807, 2.05) is 19.9 Å². The van der Waals surface area contributed by atoms with Crippen molar-refractivity contribution in [1.29, 1.82) is 0 Å². The smallest absolute Gasteiger partial charge is 0.331 e. The molecule has 0 fully saturated rings. The molecule has 106 valence electrons. The minimum atomic E-state index is -1.47. The number of likely N-dealkylation sites (N-methyl/N-ethyl adjacent to an activating group) is 1. The summed E-state index contributed by atoms with van der Waals surface area (Å²) in [6.07, 6.45) is 0. The molecule has 0 bridgehead atoms. The molecule has 0 saturated heterocycles. The van der Waals surface area contributed by atoms with Gasteiger partial charge in [-0.1, -0.05) is 67.4 Å². The Morgan fingerprint density at radius 3 is 2.00 bits per heavy atom. The topological polar surface area (TPSA) is 40.5 Å². The van der Waals surface area contributed by atoms with Gasteiger partial charge in [0.05, 0.1) is 0 Å². The fourth-order valence-electron chi connectivity index (χ4n) is 2.54. The average Bonchev–Trinajstić information content (AvgIpc) is 2.34. The third kappa shape index (κ3) is 2.73. The number of halogens is 2. The molecule has 0 saturated carbocycles. The molecule has 1 rings (SSSR count). The largest absolute Gasteiger partial charge is 0.480 e. The molecule has 1 aromatic rings. The first-order valence-electron chi connectivity index (χ1n) is 6.24. The lowest BCUT2D eigenvalue weighted by Gasteiger charge is -2.45. The summed E-state index contributed by atoms with van der Waals surface area (Å²) < 4.78 is -1.47. The lowest BCUT2D eigenvalue weighted by Crippen LogP contribution is -2.60. The van der Waals surface area contributed by atoms with E-state index < -0.39 is 15.8 Å². The molecule has 19 heavy (non-hydrogen) atoms. The van der Waals surface area contributed by atoms with Crippen LogP contribution in [0.3, 0.4) is 0 Å². The van der Waals surface area contributed by atoms with E-state index in [1.54, 1.807) is 29.2 Å². The Labute approximate surface area is 124 Å². The maximum atomic E-state index is 12.0. The van der Waals surface area contributed by atoms with Crippen molar-refractivity contribution >= 4 is 29.2 Å². The molecule has 1 N–H and O–H groups in total. The Bertz CT molecular complexity index is 427. The van der Waals surface area contributed by atoms with Crippen LogP contribution in [0, 0.1) is 0 Å². The highest BCUT2D eigenvalue weighted by molar-refractivity contribution is 6.50. The summed E-state index contributed by atoms with van der Waals surface area (Å²) in [5.41, 5.74) is -0.889. The van der Waals surface area contributed by atoms with Crippen LogP contribution in [-0.4, -0.2) is 33.4 Å². The van der Waals surface area contributed by atoms with Gasteiger partial charge in [0.15, 0.2) is 5.54 Å². The molecule has 1 aromatic carbocycles. The second-order valence-electron chi connectivity index (χ2n) is 4.44. The average molecular weight is 304 g/mol. The highest BCUT2D eigenvalue weighted by Crippen LogP contribution is 2.46. The number of aliphatic carboxylic acids is 1. The highest BCUT2D eigenvalue weighted by Gasteiger charge is 2.57. The summed E-state index contributed by atoms with van der Waals surface area (Å²) in [7, 11) is 0. The summed E-state index contributed by atoms with van der Waals surface area (Å²) in [5.74, 6) is -1.05. The fraction of sp³-hybridized carbons (Fsp3) is 0.500. The van der Waals surface area contributed by atoms with E-state index in [1.165, 1.54) is 6.92 Å². The molecule has 3 nitrogen and oxygen atoms in total. The summed E-state index contributed by atoms with van der Waals surface area (Å²) in [5, 5.41) is 9.83. The number of nitrogens with zero attached hydrogens (tertiary/aromatic N) is 1. The van der Waals surface area contributed by atoms with Crippen molar-refractivity contribution in [3.8, 4) is 0 Å². The molecule has 0 radical (unpaired) electrons. The zero-order valence-electron chi connectivity index (χ0n) is 11.4. The number of hydrogen-bond acceptors (Lipinski definition) is 2. The van der Waals surface area contributed by atoms with E-state index in [0.717, 1.165) is 0 Å². The van der Waals surface area contributed by atoms with Crippen LogP contribution in [0.25, 0.3) is 0 Å². The second-order valence-corrected chi connectivity index (χ2v) is 6.15. The summed E-state index contributed by atoms with van der Waals surface area (Å²) in [6, 6.07) is 8.90. The van der Waals surface area contributed by atoms with Crippen LogP contribution >= 0.6 is 23.2 Å². The number of carboxylic acids is 1. The zero-order valence-corrected chi connectivity index (χ0v) is 12.9. The number of carbonyl (C=O) groups is 1. The minimum absolute atomic E-state index is 0.534. The van der Waals surface area contributed by atoms with E-state index in [-0.39, 0.29) is 0 Å². The van der Waals surface area contributed by atoms with Crippen molar-refractivity contribution < 1.29 is 9.90 Å². The first kappa shape index (κ1) is 16.3. The van der Waals surface area contributed by atoms with E-state index >= 15 is 0 Å². The molecule has 0 amide bonds. The van der Waals surface area contributed by atoms with Gasteiger partial charge in [-0.25, -0.2) is 4.79 Å². The fourth-order valence-corrected chi connectivity index (χ4v) is 3.16. The van der Waals surface area contributed by atoms with Crippen molar-refractivity contribution in [2.24, 2.45) is 0 Å². The van der Waals surface area contributed by atoms with E-state index in [0.29, 0.717) is 18.7 Å². The SMILES string of the molecule is CCN(CC)C(C(=O)O)(c1ccccc1)C(C)(Cl)Cl. The van der Waals surface area contributed by atoms with Crippen LogP contribution in [-0.2, 0) is 10.3 Å². The van der Waals surface area contributed by atoms with Gasteiger partial charge in [-0.05, 0) is 25.6 Å². The predicted molar refractivity (Wildman–Crippen MR) is 78.8 cm³/mol. The molecule has 0 aliphatic heterocycles. The lowest BCUT2D eigenvalue weighted by atomic mass is 9.84. The molecule has 0 heterocycles. The van der Waals surface area contributed by atoms with E-state index in [4.69, 9.17) is 23.2 Å². The normalized spacial score (nSPS) is 15.3.